The maximum absolute atomic E-state index is 11.8. The normalized spacial score (nSPS) is 11.5. The lowest BCUT2D eigenvalue weighted by atomic mass is 10.1. The number of carbonyl (C=O) groups is 1. The number of nitrogens with one attached hydrogen (secondary N) is 1. The van der Waals surface area contributed by atoms with Crippen molar-refractivity contribution in [1.82, 2.24) is 0 Å². The van der Waals surface area contributed by atoms with Gasteiger partial charge in [0, 0.05) is 24.4 Å². The topological polar surface area (TPSA) is 163 Å². The molecule has 1 rings (SSSR count). The highest BCUT2D eigenvalue weighted by molar-refractivity contribution is 5.94. The molecule has 21 heavy (non-hydrogen) atoms. The maximum atomic E-state index is 11.8. The van der Waals surface area contributed by atoms with Gasteiger partial charge in [-0.05, 0) is 25.0 Å². The minimum Gasteiger partial charge on any atom is -0.370 e. The third kappa shape index (κ3) is 5.87. The van der Waals surface area contributed by atoms with E-state index in [1.165, 1.54) is 24.3 Å². The van der Waals surface area contributed by atoms with E-state index in [1.807, 2.05) is 0 Å². The number of non-ortho nitro benzene ring substituents is 1. The Morgan fingerprint density at radius 2 is 1.95 bits per heavy atom. The van der Waals surface area contributed by atoms with Crippen LogP contribution in [0.25, 0.3) is 0 Å². The predicted octanol–water partition coefficient (Wildman–Crippen LogP) is -0.0858. The van der Waals surface area contributed by atoms with Crippen LogP contribution in [0, 0.1) is 10.1 Å². The predicted molar refractivity (Wildman–Crippen MR) is 79.6 cm³/mol. The summed E-state index contributed by atoms with van der Waals surface area (Å²) < 4.78 is 0. The molecule has 0 spiro atoms. The molecule has 0 aliphatic rings. The summed E-state index contributed by atoms with van der Waals surface area (Å²) in [6.45, 7) is 0.404. The molecule has 0 bridgehead atoms. The van der Waals surface area contributed by atoms with Gasteiger partial charge in [0.15, 0.2) is 5.96 Å². The Kier molecular flexibility index (Phi) is 6.08. The molecule has 0 unspecified atom stereocenters. The van der Waals surface area contributed by atoms with Crippen LogP contribution in [0.4, 0.5) is 11.4 Å². The number of hydrogen-bond donors (Lipinski definition) is 4. The Morgan fingerprint density at radius 1 is 1.33 bits per heavy atom. The van der Waals surface area contributed by atoms with E-state index >= 15 is 0 Å². The van der Waals surface area contributed by atoms with E-state index in [4.69, 9.17) is 17.2 Å². The highest BCUT2D eigenvalue weighted by Gasteiger charge is 2.13. The molecule has 0 aromatic heterocycles. The lowest BCUT2D eigenvalue weighted by Crippen LogP contribution is -2.35. The van der Waals surface area contributed by atoms with Gasteiger partial charge in [-0.15, -0.1) is 0 Å². The van der Waals surface area contributed by atoms with Crippen molar-refractivity contribution in [3.63, 3.8) is 0 Å². The summed E-state index contributed by atoms with van der Waals surface area (Å²) in [5.74, 6) is -0.368. The third-order valence-corrected chi connectivity index (χ3v) is 2.65. The first kappa shape index (κ1) is 16.4. The lowest BCUT2D eigenvalue weighted by Gasteiger charge is -2.11. The molecule has 0 radical (unpaired) electrons. The average Bonchev–Trinajstić information content (AvgIpc) is 2.43. The van der Waals surface area contributed by atoms with Gasteiger partial charge < -0.3 is 22.5 Å². The summed E-state index contributed by atoms with van der Waals surface area (Å²) in [5, 5.41) is 13.1. The number of nitrogens with two attached hydrogens (primary N) is 3. The number of aliphatic imine (C=N–C) groups is 1. The molecule has 1 aromatic carbocycles. The van der Waals surface area contributed by atoms with E-state index in [-0.39, 0.29) is 17.6 Å². The number of guanidine groups is 1. The van der Waals surface area contributed by atoms with Crippen molar-refractivity contribution in [3.05, 3.63) is 34.4 Å². The molecule has 0 heterocycles. The number of nitro groups is 1. The van der Waals surface area contributed by atoms with Crippen molar-refractivity contribution in [2.75, 3.05) is 11.9 Å². The first-order chi connectivity index (χ1) is 9.90. The molecule has 9 heteroatoms. The van der Waals surface area contributed by atoms with Crippen LogP contribution >= 0.6 is 0 Å². The molecule has 0 fully saturated rings. The SMILES string of the molecule is NC(N)=NCCC[C@@H](N)C(=O)Nc1ccc([N+](=O)[O-])cc1. The van der Waals surface area contributed by atoms with E-state index in [9.17, 15) is 14.9 Å². The van der Waals surface area contributed by atoms with E-state index < -0.39 is 11.0 Å². The molecule has 1 aromatic rings. The zero-order valence-corrected chi connectivity index (χ0v) is 11.4. The third-order valence-electron chi connectivity index (χ3n) is 2.65. The second-order valence-electron chi connectivity index (χ2n) is 4.35. The highest BCUT2D eigenvalue weighted by Crippen LogP contribution is 2.15. The number of nitro benzene ring substituents is 1. The molecule has 0 aliphatic heterocycles. The van der Waals surface area contributed by atoms with Crippen LogP contribution in [0.2, 0.25) is 0 Å². The monoisotopic (exact) mass is 294 g/mol. The molecular weight excluding hydrogens is 276 g/mol. The summed E-state index contributed by atoms with van der Waals surface area (Å²) in [6, 6.07) is 4.80. The zero-order chi connectivity index (χ0) is 15.8. The van der Waals surface area contributed by atoms with Gasteiger partial charge in [0.2, 0.25) is 5.91 Å². The molecule has 0 saturated heterocycles. The number of carbonyl (C=O) groups excluding carboxylic acids is 1. The van der Waals surface area contributed by atoms with Gasteiger partial charge >= 0.3 is 0 Å². The summed E-state index contributed by atoms with van der Waals surface area (Å²) >= 11 is 0. The molecule has 7 N–H and O–H groups in total. The summed E-state index contributed by atoms with van der Waals surface area (Å²) in [6.07, 6.45) is 1.00. The minimum atomic E-state index is -0.700. The number of nitrogens with zero attached hydrogens (tertiary/aromatic N) is 2. The molecule has 1 atom stereocenters. The van der Waals surface area contributed by atoms with Crippen LogP contribution in [-0.4, -0.2) is 29.4 Å². The lowest BCUT2D eigenvalue weighted by molar-refractivity contribution is -0.384. The maximum Gasteiger partial charge on any atom is 0.269 e. The van der Waals surface area contributed by atoms with E-state index in [0.717, 1.165) is 0 Å². The van der Waals surface area contributed by atoms with Crippen LogP contribution in [0.3, 0.4) is 0 Å². The number of rotatable bonds is 7. The van der Waals surface area contributed by atoms with Gasteiger partial charge in [-0.3, -0.25) is 19.9 Å². The highest BCUT2D eigenvalue weighted by atomic mass is 16.6. The van der Waals surface area contributed by atoms with Crippen LogP contribution in [0.5, 0.6) is 0 Å². The van der Waals surface area contributed by atoms with E-state index in [2.05, 4.69) is 10.3 Å². The molecule has 0 aliphatic carbocycles. The molecule has 0 saturated carbocycles. The standard InChI is InChI=1S/C12H18N6O3/c13-10(2-1-7-16-12(14)15)11(19)17-8-3-5-9(6-4-8)18(20)21/h3-6,10H,1-2,7,13H2,(H,17,19)(H4,14,15,16)/t10-/m1/s1. The van der Waals surface area contributed by atoms with Crippen LogP contribution in [-0.2, 0) is 4.79 Å². The number of hydrogen-bond acceptors (Lipinski definition) is 5. The number of benzene rings is 1. The zero-order valence-electron chi connectivity index (χ0n) is 11.4. The number of anilines is 1. The van der Waals surface area contributed by atoms with E-state index in [0.29, 0.717) is 25.1 Å². The molecule has 114 valence electrons. The molecular formula is C12H18N6O3. The fraction of sp³-hybridized carbons (Fsp3) is 0.333. The first-order valence-corrected chi connectivity index (χ1v) is 6.26. The molecule has 1 amide bonds. The Bertz CT molecular complexity index is 524. The summed E-state index contributed by atoms with van der Waals surface area (Å²) in [4.78, 5) is 25.6. The number of amides is 1. The van der Waals surface area contributed by atoms with Crippen molar-refractivity contribution in [1.29, 1.82) is 0 Å². The van der Waals surface area contributed by atoms with Crippen molar-refractivity contribution in [2.45, 2.75) is 18.9 Å². The van der Waals surface area contributed by atoms with Crippen molar-refractivity contribution in [3.8, 4) is 0 Å². The van der Waals surface area contributed by atoms with Crippen molar-refractivity contribution >= 4 is 23.2 Å². The summed E-state index contributed by atoms with van der Waals surface area (Å²) in [7, 11) is 0. The Labute approximate surface area is 121 Å². The Morgan fingerprint density at radius 3 is 2.48 bits per heavy atom. The Hall–Kier alpha value is -2.68. The smallest absolute Gasteiger partial charge is 0.269 e. The molecule has 9 nitrogen and oxygen atoms in total. The van der Waals surface area contributed by atoms with Crippen LogP contribution < -0.4 is 22.5 Å². The van der Waals surface area contributed by atoms with Gasteiger partial charge in [-0.2, -0.15) is 0 Å². The fourth-order valence-corrected chi connectivity index (χ4v) is 1.55. The second-order valence-corrected chi connectivity index (χ2v) is 4.35. The quantitative estimate of drug-likeness (QED) is 0.180. The van der Waals surface area contributed by atoms with Crippen molar-refractivity contribution in [2.24, 2.45) is 22.2 Å². The Balaban J connectivity index is 2.44. The van der Waals surface area contributed by atoms with Gasteiger partial charge in [-0.1, -0.05) is 0 Å². The first-order valence-electron chi connectivity index (χ1n) is 6.26. The summed E-state index contributed by atoms with van der Waals surface area (Å²) in [5.41, 5.74) is 16.5. The second kappa shape index (κ2) is 7.80. The van der Waals surface area contributed by atoms with Gasteiger partial charge in [0.05, 0.1) is 11.0 Å². The van der Waals surface area contributed by atoms with Crippen LogP contribution in [0.1, 0.15) is 12.8 Å². The minimum absolute atomic E-state index is 0.00102. The van der Waals surface area contributed by atoms with Gasteiger partial charge in [0.25, 0.3) is 5.69 Å². The average molecular weight is 294 g/mol. The van der Waals surface area contributed by atoms with Crippen LogP contribution in [0.15, 0.2) is 29.3 Å². The van der Waals surface area contributed by atoms with Gasteiger partial charge in [-0.25, -0.2) is 0 Å². The fourth-order valence-electron chi connectivity index (χ4n) is 1.55. The van der Waals surface area contributed by atoms with Gasteiger partial charge in [0.1, 0.15) is 0 Å². The van der Waals surface area contributed by atoms with E-state index in [1.54, 1.807) is 0 Å². The largest absolute Gasteiger partial charge is 0.370 e. The van der Waals surface area contributed by atoms with Crippen molar-refractivity contribution < 1.29 is 9.72 Å².